The molecule has 4 rings (SSSR count). The van der Waals surface area contributed by atoms with Gasteiger partial charge in [-0.2, -0.15) is 0 Å². The summed E-state index contributed by atoms with van der Waals surface area (Å²) in [6.45, 7) is 5.19. The SMILES string of the molecule is COc1ccc(-c2cn3c(C(=O)NCCCN4CCOCC4)csc3n2)cc1. The average Bonchev–Trinajstić information content (AvgIpc) is 3.33. The number of benzene rings is 1. The van der Waals surface area contributed by atoms with Gasteiger partial charge in [-0.1, -0.05) is 0 Å². The minimum Gasteiger partial charge on any atom is -0.497 e. The largest absolute Gasteiger partial charge is 0.497 e. The van der Waals surface area contributed by atoms with Crippen molar-refractivity contribution in [1.29, 1.82) is 0 Å². The first-order valence-electron chi connectivity index (χ1n) is 9.44. The zero-order valence-electron chi connectivity index (χ0n) is 15.9. The number of imidazole rings is 1. The number of amides is 1. The molecule has 1 aromatic carbocycles. The fourth-order valence-corrected chi connectivity index (χ4v) is 4.12. The van der Waals surface area contributed by atoms with Gasteiger partial charge in [0.05, 0.1) is 26.0 Å². The molecule has 3 aromatic rings. The number of carbonyl (C=O) groups excluding carboxylic acids is 1. The van der Waals surface area contributed by atoms with Gasteiger partial charge in [0, 0.05) is 36.8 Å². The van der Waals surface area contributed by atoms with Crippen molar-refractivity contribution < 1.29 is 14.3 Å². The number of nitrogens with one attached hydrogen (secondary N) is 1. The van der Waals surface area contributed by atoms with Crippen LogP contribution >= 0.6 is 11.3 Å². The second kappa shape index (κ2) is 8.72. The highest BCUT2D eigenvalue weighted by atomic mass is 32.1. The molecular formula is C20H24N4O3S. The summed E-state index contributed by atoms with van der Waals surface area (Å²) >= 11 is 1.47. The maximum Gasteiger partial charge on any atom is 0.269 e. The molecule has 0 bridgehead atoms. The van der Waals surface area contributed by atoms with E-state index in [9.17, 15) is 4.79 Å². The first-order valence-corrected chi connectivity index (χ1v) is 10.3. The van der Waals surface area contributed by atoms with E-state index in [1.807, 2.05) is 40.2 Å². The summed E-state index contributed by atoms with van der Waals surface area (Å²) < 4.78 is 12.4. The Morgan fingerprint density at radius 2 is 2.07 bits per heavy atom. The summed E-state index contributed by atoms with van der Waals surface area (Å²) in [4.78, 5) is 20.4. The first-order chi connectivity index (χ1) is 13.7. The van der Waals surface area contributed by atoms with Crippen LogP contribution in [0.3, 0.4) is 0 Å². The molecule has 0 atom stereocenters. The van der Waals surface area contributed by atoms with Crippen molar-refractivity contribution in [3.8, 4) is 17.0 Å². The van der Waals surface area contributed by atoms with E-state index in [2.05, 4.69) is 15.2 Å². The Morgan fingerprint density at radius 3 is 2.82 bits per heavy atom. The van der Waals surface area contributed by atoms with E-state index in [0.29, 0.717) is 12.2 Å². The highest BCUT2D eigenvalue weighted by molar-refractivity contribution is 7.15. The minimum absolute atomic E-state index is 0.0630. The zero-order chi connectivity index (χ0) is 19.3. The molecule has 1 amide bonds. The Hall–Kier alpha value is -2.42. The molecule has 28 heavy (non-hydrogen) atoms. The van der Waals surface area contributed by atoms with Crippen LogP contribution < -0.4 is 10.1 Å². The predicted octanol–water partition coefficient (Wildman–Crippen LogP) is 2.52. The van der Waals surface area contributed by atoms with Crippen LogP contribution in [-0.2, 0) is 4.74 Å². The van der Waals surface area contributed by atoms with Crippen LogP contribution in [0.4, 0.5) is 0 Å². The number of morpholine rings is 1. The molecule has 1 saturated heterocycles. The highest BCUT2D eigenvalue weighted by Gasteiger charge is 2.15. The number of hydrogen-bond donors (Lipinski definition) is 1. The van der Waals surface area contributed by atoms with Gasteiger partial charge in [0.1, 0.15) is 11.4 Å². The number of methoxy groups -OCH3 is 1. The fraction of sp³-hybridized carbons (Fsp3) is 0.400. The van der Waals surface area contributed by atoms with E-state index < -0.39 is 0 Å². The average molecular weight is 401 g/mol. The Labute approximate surface area is 167 Å². The van der Waals surface area contributed by atoms with Crippen LogP contribution in [0, 0.1) is 0 Å². The zero-order valence-corrected chi connectivity index (χ0v) is 16.7. The van der Waals surface area contributed by atoms with Gasteiger partial charge in [0.15, 0.2) is 4.96 Å². The van der Waals surface area contributed by atoms with Crippen molar-refractivity contribution in [2.45, 2.75) is 6.42 Å². The number of nitrogens with zero attached hydrogens (tertiary/aromatic N) is 3. The van der Waals surface area contributed by atoms with Gasteiger partial charge in [-0.3, -0.25) is 14.1 Å². The number of aromatic nitrogens is 2. The molecule has 3 heterocycles. The fourth-order valence-electron chi connectivity index (χ4n) is 3.27. The summed E-state index contributed by atoms with van der Waals surface area (Å²) in [6, 6.07) is 7.75. The second-order valence-corrected chi connectivity index (χ2v) is 7.53. The normalized spacial score (nSPS) is 15.0. The maximum absolute atomic E-state index is 12.6. The van der Waals surface area contributed by atoms with Crippen LogP contribution in [-0.4, -0.2) is 66.7 Å². The quantitative estimate of drug-likeness (QED) is 0.618. The summed E-state index contributed by atoms with van der Waals surface area (Å²) in [5.41, 5.74) is 2.46. The molecule has 0 aliphatic carbocycles. The lowest BCUT2D eigenvalue weighted by Gasteiger charge is -2.26. The Morgan fingerprint density at radius 1 is 1.29 bits per heavy atom. The smallest absolute Gasteiger partial charge is 0.269 e. The van der Waals surface area contributed by atoms with Gasteiger partial charge < -0.3 is 14.8 Å². The van der Waals surface area contributed by atoms with Crippen LogP contribution in [0.1, 0.15) is 16.9 Å². The molecule has 0 spiro atoms. The lowest BCUT2D eigenvalue weighted by atomic mass is 10.2. The van der Waals surface area contributed by atoms with Crippen molar-refractivity contribution in [3.05, 3.63) is 41.5 Å². The van der Waals surface area contributed by atoms with E-state index in [1.54, 1.807) is 7.11 Å². The lowest BCUT2D eigenvalue weighted by Crippen LogP contribution is -2.38. The molecule has 2 aromatic heterocycles. The number of carbonyl (C=O) groups is 1. The molecule has 1 aliphatic heterocycles. The highest BCUT2D eigenvalue weighted by Crippen LogP contribution is 2.25. The summed E-state index contributed by atoms with van der Waals surface area (Å²) in [5.74, 6) is 0.744. The second-order valence-electron chi connectivity index (χ2n) is 6.69. The van der Waals surface area contributed by atoms with Gasteiger partial charge in [0.2, 0.25) is 0 Å². The molecule has 8 heteroatoms. The number of thiazole rings is 1. The third-order valence-corrected chi connectivity index (χ3v) is 5.71. The Balaban J connectivity index is 1.37. The third kappa shape index (κ3) is 4.19. The summed E-state index contributed by atoms with van der Waals surface area (Å²) in [6.07, 6.45) is 2.84. The molecule has 1 fully saturated rings. The van der Waals surface area contributed by atoms with E-state index in [1.165, 1.54) is 11.3 Å². The standard InChI is InChI=1S/C20H24N4O3S/c1-26-16-5-3-15(4-6-16)17-13-24-18(14-28-20(24)22-17)19(25)21-7-2-8-23-9-11-27-12-10-23/h3-6,13-14H,2,7-12H2,1H3,(H,21,25). The molecule has 0 saturated carbocycles. The molecule has 1 aliphatic rings. The number of ether oxygens (including phenoxy) is 2. The van der Waals surface area contributed by atoms with Gasteiger partial charge >= 0.3 is 0 Å². The minimum atomic E-state index is -0.0630. The molecule has 0 unspecified atom stereocenters. The number of fused-ring (bicyclic) bond motifs is 1. The van der Waals surface area contributed by atoms with Crippen molar-refractivity contribution in [3.63, 3.8) is 0 Å². The molecule has 7 nitrogen and oxygen atoms in total. The molecule has 0 radical (unpaired) electrons. The van der Waals surface area contributed by atoms with Crippen LogP contribution in [0.15, 0.2) is 35.8 Å². The summed E-state index contributed by atoms with van der Waals surface area (Å²) in [5, 5.41) is 4.88. The Kier molecular flexibility index (Phi) is 5.90. The number of rotatable bonds is 7. The van der Waals surface area contributed by atoms with E-state index >= 15 is 0 Å². The monoisotopic (exact) mass is 400 g/mol. The van der Waals surface area contributed by atoms with Crippen molar-refractivity contribution in [2.75, 3.05) is 46.5 Å². The Bertz CT molecular complexity index is 929. The summed E-state index contributed by atoms with van der Waals surface area (Å²) in [7, 11) is 1.65. The van der Waals surface area contributed by atoms with E-state index in [-0.39, 0.29) is 5.91 Å². The van der Waals surface area contributed by atoms with Crippen molar-refractivity contribution >= 4 is 22.2 Å². The molecule has 148 valence electrons. The van der Waals surface area contributed by atoms with Gasteiger partial charge in [-0.05, 0) is 37.2 Å². The lowest BCUT2D eigenvalue weighted by molar-refractivity contribution is 0.0374. The van der Waals surface area contributed by atoms with Crippen LogP contribution in [0.2, 0.25) is 0 Å². The third-order valence-electron chi connectivity index (χ3n) is 4.87. The van der Waals surface area contributed by atoms with E-state index in [4.69, 9.17) is 9.47 Å². The predicted molar refractivity (Wildman–Crippen MR) is 109 cm³/mol. The first kappa shape index (κ1) is 18.9. The van der Waals surface area contributed by atoms with Crippen LogP contribution in [0.5, 0.6) is 5.75 Å². The van der Waals surface area contributed by atoms with Crippen LogP contribution in [0.25, 0.3) is 16.2 Å². The van der Waals surface area contributed by atoms with Crippen molar-refractivity contribution in [2.24, 2.45) is 0 Å². The van der Waals surface area contributed by atoms with Gasteiger partial charge in [-0.25, -0.2) is 4.98 Å². The van der Waals surface area contributed by atoms with E-state index in [0.717, 1.165) is 61.2 Å². The van der Waals surface area contributed by atoms with Gasteiger partial charge in [-0.15, -0.1) is 11.3 Å². The maximum atomic E-state index is 12.6. The molecular weight excluding hydrogens is 376 g/mol. The van der Waals surface area contributed by atoms with Crippen molar-refractivity contribution in [1.82, 2.24) is 19.6 Å². The topological polar surface area (TPSA) is 68.1 Å². The molecule has 1 N–H and O–H groups in total. The number of hydrogen-bond acceptors (Lipinski definition) is 6. The van der Waals surface area contributed by atoms with Gasteiger partial charge in [0.25, 0.3) is 5.91 Å².